The first-order chi connectivity index (χ1) is 14.4. The molecule has 1 N–H and O–H groups in total. The molecule has 0 aromatic rings. The molecule has 1 spiro atoms. The van der Waals surface area contributed by atoms with Gasteiger partial charge in [-0.05, 0) is 25.8 Å². The molecule has 0 aromatic heterocycles. The van der Waals surface area contributed by atoms with E-state index < -0.39 is 35.0 Å². The first kappa shape index (κ1) is 21.1. The van der Waals surface area contributed by atoms with Crippen molar-refractivity contribution in [3.63, 3.8) is 0 Å². The normalized spacial score (nSPS) is 37.6. The van der Waals surface area contributed by atoms with Gasteiger partial charge < -0.3 is 24.4 Å². The molecule has 8 nitrogen and oxygen atoms in total. The zero-order valence-electron chi connectivity index (χ0n) is 17.6. The van der Waals surface area contributed by atoms with Gasteiger partial charge in [0.15, 0.2) is 0 Å². The zero-order chi connectivity index (χ0) is 21.5. The molecule has 0 bridgehead atoms. The Balaban J connectivity index is 1.81. The number of hydrogen-bond donors (Lipinski definition) is 1. The average Bonchev–Trinajstić information content (AvgIpc) is 2.97. The number of rotatable bonds is 6. The Hall–Kier alpha value is -2.19. The summed E-state index contributed by atoms with van der Waals surface area (Å²) in [5.74, 6) is -2.60. The number of ether oxygens (including phenoxy) is 2. The van der Waals surface area contributed by atoms with Crippen molar-refractivity contribution in [3.05, 3.63) is 24.3 Å². The number of aliphatic hydroxyl groups excluding tert-OH is 1. The fourth-order valence-electron chi connectivity index (χ4n) is 5.43. The first-order valence-corrected chi connectivity index (χ1v) is 10.8. The number of aliphatic hydroxyl groups is 1. The summed E-state index contributed by atoms with van der Waals surface area (Å²) in [5, 5.41) is 9.35. The van der Waals surface area contributed by atoms with Gasteiger partial charge in [-0.2, -0.15) is 0 Å². The Labute approximate surface area is 176 Å². The van der Waals surface area contributed by atoms with Crippen molar-refractivity contribution in [1.29, 1.82) is 0 Å². The number of likely N-dealkylation sites (tertiary alicyclic amines) is 1. The molecule has 5 atom stereocenters. The van der Waals surface area contributed by atoms with Crippen molar-refractivity contribution >= 4 is 17.8 Å². The average molecular weight is 418 g/mol. The van der Waals surface area contributed by atoms with Crippen molar-refractivity contribution in [1.82, 2.24) is 9.80 Å². The molecule has 4 aliphatic rings. The third kappa shape index (κ3) is 3.00. The topological polar surface area (TPSA) is 96.4 Å². The minimum absolute atomic E-state index is 0.0927. The van der Waals surface area contributed by atoms with Crippen LogP contribution in [0.4, 0.5) is 0 Å². The predicted octanol–water partition coefficient (Wildman–Crippen LogP) is 0.651. The van der Waals surface area contributed by atoms with Crippen molar-refractivity contribution in [2.24, 2.45) is 11.8 Å². The van der Waals surface area contributed by atoms with Gasteiger partial charge >= 0.3 is 5.97 Å². The van der Waals surface area contributed by atoms with E-state index in [2.05, 4.69) is 6.92 Å². The second kappa shape index (κ2) is 7.81. The van der Waals surface area contributed by atoms with Gasteiger partial charge in [-0.3, -0.25) is 14.4 Å². The molecule has 8 heteroatoms. The maximum atomic E-state index is 13.7. The molecule has 164 valence electrons. The predicted molar refractivity (Wildman–Crippen MR) is 107 cm³/mol. The molecule has 2 fully saturated rings. The molecular formula is C22H30N2O6. The molecule has 2 saturated heterocycles. The maximum absolute atomic E-state index is 13.7. The molecule has 4 rings (SSSR count). The van der Waals surface area contributed by atoms with Crippen LogP contribution in [0, 0.1) is 11.8 Å². The van der Waals surface area contributed by atoms with Gasteiger partial charge in [-0.15, -0.1) is 0 Å². The molecular weight excluding hydrogens is 388 g/mol. The van der Waals surface area contributed by atoms with Crippen LogP contribution in [0.15, 0.2) is 24.3 Å². The van der Waals surface area contributed by atoms with E-state index in [9.17, 15) is 19.5 Å². The number of esters is 1. The number of carbonyl (C=O) groups excluding carboxylic acids is 3. The number of fused-ring (bicyclic) bond motifs is 2. The van der Waals surface area contributed by atoms with Gasteiger partial charge in [0.25, 0.3) is 0 Å². The van der Waals surface area contributed by atoms with E-state index in [-0.39, 0.29) is 31.6 Å². The van der Waals surface area contributed by atoms with Crippen LogP contribution in [-0.2, 0) is 23.9 Å². The monoisotopic (exact) mass is 418 g/mol. The van der Waals surface area contributed by atoms with Crippen molar-refractivity contribution < 1.29 is 29.0 Å². The van der Waals surface area contributed by atoms with Crippen molar-refractivity contribution in [2.75, 3.05) is 32.8 Å². The van der Waals surface area contributed by atoms with Crippen molar-refractivity contribution in [3.8, 4) is 0 Å². The smallest absolute Gasteiger partial charge is 0.313 e. The lowest BCUT2D eigenvalue weighted by atomic mass is 9.75. The highest BCUT2D eigenvalue weighted by Gasteiger charge is 2.74. The van der Waals surface area contributed by atoms with E-state index in [1.165, 1.54) is 4.90 Å². The van der Waals surface area contributed by atoms with E-state index in [0.717, 1.165) is 12.8 Å². The van der Waals surface area contributed by atoms with Crippen molar-refractivity contribution in [2.45, 2.75) is 50.4 Å². The van der Waals surface area contributed by atoms with E-state index in [1.54, 1.807) is 24.0 Å². The molecule has 0 radical (unpaired) electrons. The van der Waals surface area contributed by atoms with Crippen LogP contribution in [-0.4, -0.2) is 82.8 Å². The molecule has 2 amide bonds. The first-order valence-electron chi connectivity index (χ1n) is 10.8. The fraction of sp³-hybridized carbons (Fsp3) is 0.682. The minimum atomic E-state index is -1.23. The summed E-state index contributed by atoms with van der Waals surface area (Å²) < 4.78 is 11.9. The number of cyclic esters (lactones) is 1. The third-order valence-corrected chi connectivity index (χ3v) is 6.73. The van der Waals surface area contributed by atoms with Gasteiger partial charge in [0.1, 0.15) is 24.2 Å². The van der Waals surface area contributed by atoms with E-state index in [1.807, 2.05) is 12.2 Å². The second-order valence-corrected chi connectivity index (χ2v) is 8.68. The summed E-state index contributed by atoms with van der Waals surface area (Å²) in [6, 6.07) is -0.859. The van der Waals surface area contributed by atoms with Crippen LogP contribution in [0.5, 0.6) is 0 Å². The van der Waals surface area contributed by atoms with Gasteiger partial charge in [0, 0.05) is 26.2 Å². The van der Waals surface area contributed by atoms with Crippen LogP contribution < -0.4 is 0 Å². The second-order valence-electron chi connectivity index (χ2n) is 8.68. The lowest BCUT2D eigenvalue weighted by Crippen LogP contribution is -2.56. The number of nitrogens with zero attached hydrogens (tertiary/aromatic N) is 2. The Bertz CT molecular complexity index is 794. The third-order valence-electron chi connectivity index (χ3n) is 6.73. The standard InChI is InChI=1S/C22H30N2O6/c1-3-4-10-23-11-5-9-22-15(16-20(28)29-14-6-8-21(16,2)30-22)18(26)24(12-7-13-25)17(22)19(23)27/h5-6,8-9,15-17,25H,3-4,7,10-14H2,1-2H3/t15-,16+,17?,21-,22-/m0/s1. The number of hydrogen-bond acceptors (Lipinski definition) is 6. The minimum Gasteiger partial charge on any atom is -0.461 e. The molecule has 0 aromatic carbocycles. The lowest BCUT2D eigenvalue weighted by molar-refractivity contribution is -0.157. The van der Waals surface area contributed by atoms with Gasteiger partial charge in [0.2, 0.25) is 11.8 Å². The summed E-state index contributed by atoms with van der Waals surface area (Å²) in [6.07, 6.45) is 9.39. The maximum Gasteiger partial charge on any atom is 0.313 e. The largest absolute Gasteiger partial charge is 0.461 e. The van der Waals surface area contributed by atoms with Crippen LogP contribution in [0.25, 0.3) is 0 Å². The molecule has 30 heavy (non-hydrogen) atoms. The molecule has 4 aliphatic heterocycles. The Kier molecular flexibility index (Phi) is 5.48. The van der Waals surface area contributed by atoms with E-state index in [0.29, 0.717) is 19.5 Å². The summed E-state index contributed by atoms with van der Waals surface area (Å²) >= 11 is 0. The molecule has 1 unspecified atom stereocenters. The van der Waals surface area contributed by atoms with E-state index >= 15 is 0 Å². The number of amides is 2. The quantitative estimate of drug-likeness (QED) is 0.503. The summed E-state index contributed by atoms with van der Waals surface area (Å²) in [7, 11) is 0. The van der Waals surface area contributed by atoms with Crippen LogP contribution in [0.3, 0.4) is 0 Å². The summed E-state index contributed by atoms with van der Waals surface area (Å²) in [4.78, 5) is 43.4. The highest BCUT2D eigenvalue weighted by atomic mass is 16.6. The highest BCUT2D eigenvalue weighted by Crippen LogP contribution is 2.57. The van der Waals surface area contributed by atoms with E-state index in [4.69, 9.17) is 9.47 Å². The van der Waals surface area contributed by atoms with Crippen LogP contribution >= 0.6 is 0 Å². The van der Waals surface area contributed by atoms with Gasteiger partial charge in [0.05, 0.1) is 11.5 Å². The molecule has 0 saturated carbocycles. The molecule has 0 aliphatic carbocycles. The SMILES string of the molecule is CCCCN1CC=C[C@]23O[C@@]4(C)C=CCOC(=O)[C@H]4[C@H]2C(=O)N(CCCO)C3C1=O. The highest BCUT2D eigenvalue weighted by molar-refractivity contribution is 5.99. The Morgan fingerprint density at radius 2 is 1.90 bits per heavy atom. The van der Waals surface area contributed by atoms with Gasteiger partial charge in [-0.1, -0.05) is 31.6 Å². The van der Waals surface area contributed by atoms with Crippen LogP contribution in [0.1, 0.15) is 33.1 Å². The zero-order valence-corrected chi connectivity index (χ0v) is 17.6. The van der Waals surface area contributed by atoms with Gasteiger partial charge in [-0.25, -0.2) is 0 Å². The number of unbranched alkanes of at least 4 members (excludes halogenated alkanes) is 1. The Morgan fingerprint density at radius 3 is 2.63 bits per heavy atom. The summed E-state index contributed by atoms with van der Waals surface area (Å²) in [6.45, 7) is 5.17. The summed E-state index contributed by atoms with van der Waals surface area (Å²) in [5.41, 5.74) is -2.26. The Morgan fingerprint density at radius 1 is 1.10 bits per heavy atom. The lowest BCUT2D eigenvalue weighted by Gasteiger charge is -2.37. The number of carbonyl (C=O) groups is 3. The molecule has 4 heterocycles. The van der Waals surface area contributed by atoms with Crippen LogP contribution in [0.2, 0.25) is 0 Å². The fourth-order valence-corrected chi connectivity index (χ4v) is 5.43.